The van der Waals surface area contributed by atoms with Crippen LogP contribution in [0, 0.1) is 0 Å². The Bertz CT molecular complexity index is 535. The zero-order valence-corrected chi connectivity index (χ0v) is 9.60. The average Bonchev–Trinajstić information content (AvgIpc) is 2.52. The predicted octanol–water partition coefficient (Wildman–Crippen LogP) is 1.62. The average molecular weight is 245 g/mol. The molecule has 7 heteroatoms. The molecule has 80 valence electrons. The van der Waals surface area contributed by atoms with Crippen LogP contribution < -0.4 is 5.69 Å². The molecule has 5 nitrogen and oxygen atoms in total. The van der Waals surface area contributed by atoms with Crippen LogP contribution in [0.25, 0.3) is 11.2 Å². The summed E-state index contributed by atoms with van der Waals surface area (Å²) in [4.78, 5) is 22.0. The van der Waals surface area contributed by atoms with Gasteiger partial charge in [-0.15, -0.1) is 0 Å². The van der Waals surface area contributed by atoms with Crippen molar-refractivity contribution in [1.82, 2.24) is 19.0 Å². The highest BCUT2D eigenvalue weighted by Crippen LogP contribution is 2.16. The zero-order valence-electron chi connectivity index (χ0n) is 8.03. The van der Waals surface area contributed by atoms with E-state index >= 15 is 0 Å². The van der Waals surface area contributed by atoms with Gasteiger partial charge < -0.3 is 0 Å². The molecule has 2 aromatic heterocycles. The number of fused-ring (bicyclic) bond motifs is 1. The number of nitrogens with zero attached hydrogens (tertiary/aromatic N) is 3. The van der Waals surface area contributed by atoms with Gasteiger partial charge in [0.2, 0.25) is 0 Å². The molecule has 0 bridgehead atoms. The molecule has 0 fully saturated rings. The third-order valence-electron chi connectivity index (χ3n) is 1.80. The summed E-state index contributed by atoms with van der Waals surface area (Å²) >= 11 is 7.24. The number of aromatic nitrogens is 4. The summed E-state index contributed by atoms with van der Waals surface area (Å²) in [5.74, 6) is 0.956. The maximum atomic E-state index is 11.2. The number of nitrogens with one attached hydrogen (secondary N) is 1. The Hall–Kier alpha value is -1.01. The van der Waals surface area contributed by atoms with Crippen molar-refractivity contribution in [3.63, 3.8) is 0 Å². The quantitative estimate of drug-likeness (QED) is 0.658. The minimum atomic E-state index is -0.390. The minimum absolute atomic E-state index is 0.390. The highest BCUT2D eigenvalue weighted by molar-refractivity contribution is 7.99. The van der Waals surface area contributed by atoms with Gasteiger partial charge in [0.15, 0.2) is 10.8 Å². The van der Waals surface area contributed by atoms with E-state index in [9.17, 15) is 4.79 Å². The highest BCUT2D eigenvalue weighted by Gasteiger charge is 2.07. The molecule has 0 aromatic carbocycles. The van der Waals surface area contributed by atoms with Crippen LogP contribution in [0.4, 0.5) is 0 Å². The lowest BCUT2D eigenvalue weighted by atomic mass is 10.6. The second-order valence-corrected chi connectivity index (χ2v) is 4.35. The molecular weight excluding hydrogens is 236 g/mol. The molecule has 15 heavy (non-hydrogen) atoms. The van der Waals surface area contributed by atoms with E-state index in [1.54, 1.807) is 18.0 Å². The maximum Gasteiger partial charge on any atom is 0.342 e. The first-order chi connectivity index (χ1) is 7.22. The van der Waals surface area contributed by atoms with Gasteiger partial charge in [0.25, 0.3) is 0 Å². The normalized spacial score (nSPS) is 11.1. The van der Waals surface area contributed by atoms with Crippen LogP contribution in [-0.2, 0) is 0 Å². The SMILES string of the molecule is CCCSc1ncc2c(n1)[nH]c(=O)n2Cl. The van der Waals surface area contributed by atoms with E-state index in [4.69, 9.17) is 11.8 Å². The number of imidazole rings is 1. The van der Waals surface area contributed by atoms with Gasteiger partial charge in [0, 0.05) is 17.5 Å². The molecule has 2 aromatic rings. The van der Waals surface area contributed by atoms with Gasteiger partial charge in [-0.05, 0) is 6.42 Å². The van der Waals surface area contributed by atoms with Crippen LogP contribution in [0.5, 0.6) is 0 Å². The van der Waals surface area contributed by atoms with E-state index < -0.39 is 5.69 Å². The number of hydrogen-bond acceptors (Lipinski definition) is 4. The molecule has 0 saturated carbocycles. The van der Waals surface area contributed by atoms with Crippen LogP contribution in [0.15, 0.2) is 16.1 Å². The van der Waals surface area contributed by atoms with Gasteiger partial charge in [-0.3, -0.25) is 4.98 Å². The molecular formula is C8H9ClN4OS. The van der Waals surface area contributed by atoms with Crippen molar-refractivity contribution >= 4 is 34.7 Å². The molecule has 1 N–H and O–H groups in total. The van der Waals surface area contributed by atoms with Crippen molar-refractivity contribution in [2.24, 2.45) is 0 Å². The molecule has 0 atom stereocenters. The number of H-pyrrole nitrogens is 1. The first-order valence-corrected chi connectivity index (χ1v) is 5.81. The van der Waals surface area contributed by atoms with E-state index in [1.807, 2.05) is 0 Å². The second-order valence-electron chi connectivity index (χ2n) is 2.95. The standard InChI is InChI=1S/C8H9ClN4OS/c1-2-3-15-7-10-4-5-6(11-7)12-8(14)13(5)9/h4H,2-3H2,1H3,(H,10,11,12,14). The van der Waals surface area contributed by atoms with Gasteiger partial charge in [-0.2, -0.15) is 4.09 Å². The smallest absolute Gasteiger partial charge is 0.289 e. The van der Waals surface area contributed by atoms with Crippen molar-refractivity contribution in [1.29, 1.82) is 0 Å². The Labute approximate surface area is 95.0 Å². The Morgan fingerprint density at radius 3 is 3.20 bits per heavy atom. The predicted molar refractivity (Wildman–Crippen MR) is 60.4 cm³/mol. The van der Waals surface area contributed by atoms with Crippen molar-refractivity contribution in [3.8, 4) is 0 Å². The maximum absolute atomic E-state index is 11.2. The molecule has 2 rings (SSSR count). The second kappa shape index (κ2) is 4.24. The van der Waals surface area contributed by atoms with Gasteiger partial charge in [-0.25, -0.2) is 14.8 Å². The first kappa shape index (κ1) is 10.5. The minimum Gasteiger partial charge on any atom is -0.289 e. The van der Waals surface area contributed by atoms with E-state index in [2.05, 4.69) is 21.9 Å². The molecule has 0 spiro atoms. The lowest BCUT2D eigenvalue weighted by molar-refractivity contribution is 0.984. The molecule has 0 aliphatic carbocycles. The van der Waals surface area contributed by atoms with Crippen molar-refractivity contribution in [3.05, 3.63) is 16.7 Å². The topological polar surface area (TPSA) is 63.6 Å². The first-order valence-electron chi connectivity index (χ1n) is 4.49. The fraction of sp³-hybridized carbons (Fsp3) is 0.375. The Morgan fingerprint density at radius 1 is 1.67 bits per heavy atom. The van der Waals surface area contributed by atoms with Crippen LogP contribution >= 0.6 is 23.5 Å². The molecule has 2 heterocycles. The summed E-state index contributed by atoms with van der Waals surface area (Å²) in [7, 11) is 0. The Balaban J connectivity index is 2.43. The summed E-state index contributed by atoms with van der Waals surface area (Å²) in [6.45, 7) is 2.09. The molecule has 0 aliphatic heterocycles. The van der Waals surface area contributed by atoms with Crippen molar-refractivity contribution in [2.75, 3.05) is 5.75 Å². The van der Waals surface area contributed by atoms with Gasteiger partial charge in [-0.1, -0.05) is 18.7 Å². The van der Waals surface area contributed by atoms with E-state index in [1.165, 1.54) is 0 Å². The highest BCUT2D eigenvalue weighted by atomic mass is 35.5. The largest absolute Gasteiger partial charge is 0.342 e. The molecule has 0 unspecified atom stereocenters. The number of hydrogen-bond donors (Lipinski definition) is 1. The van der Waals surface area contributed by atoms with E-state index in [0.717, 1.165) is 16.3 Å². The fourth-order valence-corrected chi connectivity index (χ4v) is 1.95. The van der Waals surface area contributed by atoms with Crippen molar-refractivity contribution < 1.29 is 0 Å². The molecule has 0 radical (unpaired) electrons. The van der Waals surface area contributed by atoms with Crippen molar-refractivity contribution in [2.45, 2.75) is 18.5 Å². The van der Waals surface area contributed by atoms with Gasteiger partial charge >= 0.3 is 5.69 Å². The monoisotopic (exact) mass is 244 g/mol. The van der Waals surface area contributed by atoms with Gasteiger partial charge in [0.1, 0.15) is 5.52 Å². The number of thioether (sulfide) groups is 1. The summed E-state index contributed by atoms with van der Waals surface area (Å²) in [6, 6.07) is 0. The number of halogens is 1. The zero-order chi connectivity index (χ0) is 10.8. The van der Waals surface area contributed by atoms with Crippen LogP contribution in [0.1, 0.15) is 13.3 Å². The lowest BCUT2D eigenvalue weighted by Gasteiger charge is -1.96. The van der Waals surface area contributed by atoms with Crippen LogP contribution in [0.2, 0.25) is 0 Å². The van der Waals surface area contributed by atoms with Crippen LogP contribution in [0.3, 0.4) is 0 Å². The van der Waals surface area contributed by atoms with Crippen LogP contribution in [-0.4, -0.2) is 24.8 Å². The molecule has 0 saturated heterocycles. The van der Waals surface area contributed by atoms with E-state index in [-0.39, 0.29) is 0 Å². The van der Waals surface area contributed by atoms with E-state index in [0.29, 0.717) is 16.3 Å². The molecule has 0 amide bonds. The number of aromatic amines is 1. The summed E-state index contributed by atoms with van der Waals surface area (Å²) < 4.78 is 0.976. The lowest BCUT2D eigenvalue weighted by Crippen LogP contribution is -2.07. The summed E-state index contributed by atoms with van der Waals surface area (Å²) in [5.41, 5.74) is 0.588. The third kappa shape index (κ3) is 2.00. The van der Waals surface area contributed by atoms with Gasteiger partial charge in [0.05, 0.1) is 6.20 Å². The molecule has 0 aliphatic rings. The summed E-state index contributed by atoms with van der Waals surface area (Å²) in [6.07, 6.45) is 2.60. The Kier molecular flexibility index (Phi) is 2.97. The number of rotatable bonds is 3. The summed E-state index contributed by atoms with van der Waals surface area (Å²) in [5, 5.41) is 0.655. The Morgan fingerprint density at radius 2 is 2.47 bits per heavy atom. The fourth-order valence-electron chi connectivity index (χ4n) is 1.12. The third-order valence-corrected chi connectivity index (χ3v) is 3.20.